The van der Waals surface area contributed by atoms with Crippen molar-refractivity contribution in [1.82, 2.24) is 0 Å². The van der Waals surface area contributed by atoms with Gasteiger partial charge in [-0.1, -0.05) is 24.0 Å². The van der Waals surface area contributed by atoms with Gasteiger partial charge in [-0.05, 0) is 31.2 Å². The normalized spacial score (nSPS) is 16.2. The summed E-state index contributed by atoms with van der Waals surface area (Å²) in [5, 5.41) is 0. The number of amides is 1. The van der Waals surface area contributed by atoms with Crippen LogP contribution >= 0.6 is 24.0 Å². The van der Waals surface area contributed by atoms with Gasteiger partial charge >= 0.3 is 0 Å². The van der Waals surface area contributed by atoms with Crippen LogP contribution in [0.5, 0.6) is 0 Å². The van der Waals surface area contributed by atoms with Crippen molar-refractivity contribution in [2.75, 3.05) is 10.7 Å². The lowest BCUT2D eigenvalue weighted by Crippen LogP contribution is -2.37. The fourth-order valence-electron chi connectivity index (χ4n) is 1.60. The van der Waals surface area contributed by atoms with E-state index in [1.807, 2.05) is 0 Å². The Morgan fingerprint density at radius 3 is 2.53 bits per heavy atom. The number of ketones is 1. The van der Waals surface area contributed by atoms with E-state index in [2.05, 4.69) is 0 Å². The maximum atomic E-state index is 11.8. The number of nitrogens with zero attached hydrogens (tertiary/aromatic N) is 1. The first-order chi connectivity index (χ1) is 8.09. The molecule has 1 fully saturated rings. The lowest BCUT2D eigenvalue weighted by Gasteiger charge is -2.26. The summed E-state index contributed by atoms with van der Waals surface area (Å²) >= 11 is 6.68. The van der Waals surface area contributed by atoms with E-state index >= 15 is 0 Å². The number of thiocarbonyl (C=S) groups is 1. The number of hydrogen-bond donors (Lipinski definition) is 0. The topological polar surface area (TPSA) is 37.4 Å². The molecular weight excluding hydrogens is 254 g/mol. The highest BCUT2D eigenvalue weighted by Crippen LogP contribution is 2.26. The van der Waals surface area contributed by atoms with Crippen LogP contribution < -0.4 is 4.90 Å². The second kappa shape index (κ2) is 4.98. The van der Waals surface area contributed by atoms with E-state index in [1.165, 1.54) is 23.6 Å². The van der Waals surface area contributed by atoms with Gasteiger partial charge in [0.15, 0.2) is 5.78 Å². The number of benzene rings is 1. The minimum atomic E-state index is 0.0125. The van der Waals surface area contributed by atoms with Crippen LogP contribution in [0.1, 0.15) is 23.7 Å². The lowest BCUT2D eigenvalue weighted by atomic mass is 10.1. The van der Waals surface area contributed by atoms with Crippen LogP contribution in [-0.2, 0) is 4.79 Å². The standard InChI is InChI=1S/C12H11NO2S2/c1-8(14)9-2-4-10(5-3-9)13-11(15)6-7-17-12(13)16/h2-5H,6-7H2,1H3. The minimum absolute atomic E-state index is 0.0125. The van der Waals surface area contributed by atoms with Crippen LogP contribution in [0.15, 0.2) is 24.3 Å². The van der Waals surface area contributed by atoms with E-state index < -0.39 is 0 Å². The van der Waals surface area contributed by atoms with Gasteiger partial charge < -0.3 is 0 Å². The molecule has 1 aliphatic rings. The van der Waals surface area contributed by atoms with Crippen LogP contribution in [-0.4, -0.2) is 21.8 Å². The fourth-order valence-corrected chi connectivity index (χ4v) is 2.84. The maximum absolute atomic E-state index is 11.8. The van der Waals surface area contributed by atoms with Gasteiger partial charge in [-0.25, -0.2) is 0 Å². The Bertz CT molecular complexity index is 466. The molecule has 3 nitrogen and oxygen atoms in total. The summed E-state index contributed by atoms with van der Waals surface area (Å²) in [5.41, 5.74) is 1.37. The molecule has 1 aromatic carbocycles. The molecule has 88 valence electrons. The predicted octanol–water partition coefficient (Wildman–Crippen LogP) is 2.64. The number of Topliss-reactive ketones (excluding diaryl/α,β-unsaturated/α-hetero) is 1. The van der Waals surface area contributed by atoms with Gasteiger partial charge in [-0.15, -0.1) is 0 Å². The van der Waals surface area contributed by atoms with E-state index in [1.54, 1.807) is 24.3 Å². The second-order valence-electron chi connectivity index (χ2n) is 3.70. The third-order valence-corrected chi connectivity index (χ3v) is 3.88. The molecule has 5 heteroatoms. The summed E-state index contributed by atoms with van der Waals surface area (Å²) in [6.07, 6.45) is 0.499. The van der Waals surface area contributed by atoms with Gasteiger partial charge in [-0.3, -0.25) is 14.5 Å². The number of carbonyl (C=O) groups excluding carboxylic acids is 2. The quantitative estimate of drug-likeness (QED) is 0.608. The first-order valence-corrected chi connectivity index (χ1v) is 6.59. The third kappa shape index (κ3) is 2.56. The Balaban J connectivity index is 2.29. The van der Waals surface area contributed by atoms with E-state index in [4.69, 9.17) is 12.2 Å². The molecule has 1 aliphatic heterocycles. The van der Waals surface area contributed by atoms with Gasteiger partial charge in [0.2, 0.25) is 5.91 Å². The molecule has 1 heterocycles. The van der Waals surface area contributed by atoms with Crippen molar-refractivity contribution in [2.24, 2.45) is 0 Å². The van der Waals surface area contributed by atoms with E-state index in [0.717, 1.165) is 11.4 Å². The highest BCUT2D eigenvalue weighted by molar-refractivity contribution is 8.23. The Morgan fingerprint density at radius 2 is 2.00 bits per heavy atom. The maximum Gasteiger partial charge on any atom is 0.233 e. The van der Waals surface area contributed by atoms with Crippen molar-refractivity contribution in [2.45, 2.75) is 13.3 Å². The predicted molar refractivity (Wildman–Crippen MR) is 73.6 cm³/mol. The highest BCUT2D eigenvalue weighted by Gasteiger charge is 2.24. The molecule has 0 bridgehead atoms. The molecule has 0 atom stereocenters. The van der Waals surface area contributed by atoms with Crippen LogP contribution in [0.2, 0.25) is 0 Å². The molecular formula is C12H11NO2S2. The monoisotopic (exact) mass is 265 g/mol. The van der Waals surface area contributed by atoms with Gasteiger partial charge in [0.05, 0.1) is 5.69 Å². The molecule has 0 radical (unpaired) electrons. The number of hydrogen-bond acceptors (Lipinski definition) is 4. The molecule has 1 saturated heterocycles. The van der Waals surface area contributed by atoms with E-state index in [-0.39, 0.29) is 11.7 Å². The molecule has 0 aromatic heterocycles. The molecule has 0 N–H and O–H groups in total. The summed E-state index contributed by atoms with van der Waals surface area (Å²) < 4.78 is 0.580. The largest absolute Gasteiger partial charge is 0.295 e. The zero-order valence-corrected chi connectivity index (χ0v) is 10.9. The molecule has 2 rings (SSSR count). The fraction of sp³-hybridized carbons (Fsp3) is 0.250. The van der Waals surface area contributed by atoms with Crippen LogP contribution in [0, 0.1) is 0 Å². The Hall–Kier alpha value is -1.20. The smallest absolute Gasteiger partial charge is 0.233 e. The summed E-state index contributed by atoms with van der Waals surface area (Å²) in [6.45, 7) is 1.52. The van der Waals surface area contributed by atoms with Gasteiger partial charge in [0.1, 0.15) is 4.32 Å². The van der Waals surface area contributed by atoms with Crippen molar-refractivity contribution in [3.63, 3.8) is 0 Å². The summed E-state index contributed by atoms with van der Waals surface area (Å²) in [6, 6.07) is 6.94. The van der Waals surface area contributed by atoms with E-state index in [9.17, 15) is 9.59 Å². The SMILES string of the molecule is CC(=O)c1ccc(N2C(=O)CCSC2=S)cc1. The third-order valence-electron chi connectivity index (χ3n) is 2.51. The Kier molecular flexibility index (Phi) is 3.59. The summed E-state index contributed by atoms with van der Waals surface area (Å²) in [5.74, 6) is 0.780. The van der Waals surface area contributed by atoms with Crippen LogP contribution in [0.25, 0.3) is 0 Å². The molecule has 0 spiro atoms. The van der Waals surface area contributed by atoms with Gasteiger partial charge in [0, 0.05) is 17.7 Å². The summed E-state index contributed by atoms with van der Waals surface area (Å²) in [7, 11) is 0. The molecule has 1 aromatic rings. The van der Waals surface area contributed by atoms with Crippen molar-refractivity contribution in [3.8, 4) is 0 Å². The van der Waals surface area contributed by atoms with Crippen LogP contribution in [0.3, 0.4) is 0 Å². The molecule has 1 amide bonds. The molecule has 0 unspecified atom stereocenters. The number of carbonyl (C=O) groups is 2. The number of thioether (sulfide) groups is 1. The van der Waals surface area contributed by atoms with E-state index in [0.29, 0.717) is 16.3 Å². The second-order valence-corrected chi connectivity index (χ2v) is 5.43. The molecule has 17 heavy (non-hydrogen) atoms. The van der Waals surface area contributed by atoms with Crippen molar-refractivity contribution in [3.05, 3.63) is 29.8 Å². The van der Waals surface area contributed by atoms with Crippen molar-refractivity contribution < 1.29 is 9.59 Å². The molecule has 0 saturated carbocycles. The first kappa shape index (κ1) is 12.3. The van der Waals surface area contributed by atoms with Crippen molar-refractivity contribution >= 4 is 45.7 Å². The highest BCUT2D eigenvalue weighted by atomic mass is 32.2. The zero-order chi connectivity index (χ0) is 12.4. The minimum Gasteiger partial charge on any atom is -0.295 e. The first-order valence-electron chi connectivity index (χ1n) is 5.20. The Morgan fingerprint density at radius 1 is 1.35 bits per heavy atom. The van der Waals surface area contributed by atoms with Gasteiger partial charge in [-0.2, -0.15) is 0 Å². The van der Waals surface area contributed by atoms with Crippen molar-refractivity contribution in [1.29, 1.82) is 0 Å². The zero-order valence-electron chi connectivity index (χ0n) is 9.30. The average molecular weight is 265 g/mol. The number of anilines is 1. The number of rotatable bonds is 2. The molecule has 0 aliphatic carbocycles. The summed E-state index contributed by atoms with van der Waals surface area (Å²) in [4.78, 5) is 24.5. The van der Waals surface area contributed by atoms with Gasteiger partial charge in [0.25, 0.3) is 0 Å². The Labute approximate surface area is 109 Å². The lowest BCUT2D eigenvalue weighted by molar-refractivity contribution is -0.117. The average Bonchev–Trinajstić information content (AvgIpc) is 2.29. The van der Waals surface area contributed by atoms with Crippen LogP contribution in [0.4, 0.5) is 5.69 Å².